The van der Waals surface area contributed by atoms with E-state index in [9.17, 15) is 24.6 Å². The van der Waals surface area contributed by atoms with Crippen LogP contribution in [0, 0.1) is 17.2 Å². The predicted octanol–water partition coefficient (Wildman–Crippen LogP) is 4.15. The molecule has 2 fully saturated rings. The topological polar surface area (TPSA) is 216 Å². The molecule has 17 heteroatoms. The number of benzene rings is 4. The first kappa shape index (κ1) is 40.3. The van der Waals surface area contributed by atoms with Crippen molar-refractivity contribution in [1.29, 1.82) is 5.41 Å². The Balaban J connectivity index is 0.934. The van der Waals surface area contributed by atoms with Gasteiger partial charge in [0, 0.05) is 107 Å². The number of fused-ring (bicyclic) bond motifs is 7. The second-order valence-electron chi connectivity index (χ2n) is 17.1. The first-order valence-corrected chi connectivity index (χ1v) is 20.9. The highest BCUT2D eigenvalue weighted by atomic mass is 16.5. The van der Waals surface area contributed by atoms with Crippen LogP contribution in [0.1, 0.15) is 48.5 Å². The zero-order chi connectivity index (χ0) is 44.6. The third kappa shape index (κ3) is 6.53. The van der Waals surface area contributed by atoms with Crippen molar-refractivity contribution in [3.05, 3.63) is 124 Å². The van der Waals surface area contributed by atoms with Crippen LogP contribution in [0.5, 0.6) is 17.4 Å². The fraction of sp³-hybridized carbons (Fsp3) is 0.277. The number of Topliss-reactive ketones (excluding diaryl/α,β-unsaturated/α-hetero) is 1. The van der Waals surface area contributed by atoms with Gasteiger partial charge in [-0.2, -0.15) is 9.97 Å². The van der Waals surface area contributed by atoms with E-state index in [-0.39, 0.29) is 54.4 Å². The number of aromatic amines is 1. The van der Waals surface area contributed by atoms with E-state index >= 15 is 0 Å². The number of hydrogen-bond donors (Lipinski definition) is 4. The van der Waals surface area contributed by atoms with E-state index in [1.54, 1.807) is 56.2 Å². The lowest BCUT2D eigenvalue weighted by Crippen LogP contribution is -2.53. The maximum Gasteiger partial charge on any atom is 0.251 e. The number of H-pyrrole nitrogens is 1. The molecule has 4 aliphatic rings. The fourth-order valence-corrected chi connectivity index (χ4v) is 9.20. The summed E-state index contributed by atoms with van der Waals surface area (Å²) in [6.45, 7) is 2.64. The molecule has 0 saturated carbocycles. The molecule has 5 heterocycles. The van der Waals surface area contributed by atoms with Gasteiger partial charge in [-0.05, 0) is 47.0 Å². The third-order valence-corrected chi connectivity index (χ3v) is 12.7. The molecule has 6 aromatic rings. The normalized spacial score (nSPS) is 16.1. The largest absolute Gasteiger partial charge is 0.471 e. The van der Waals surface area contributed by atoms with E-state index in [2.05, 4.69) is 35.1 Å². The van der Waals surface area contributed by atoms with Crippen LogP contribution in [-0.4, -0.2) is 113 Å². The van der Waals surface area contributed by atoms with Crippen molar-refractivity contribution < 1.29 is 28.7 Å². The van der Waals surface area contributed by atoms with Crippen molar-refractivity contribution in [2.24, 2.45) is 11.8 Å². The van der Waals surface area contributed by atoms with Crippen LogP contribution in [0.2, 0.25) is 0 Å². The zero-order valence-corrected chi connectivity index (χ0v) is 35.6. The van der Waals surface area contributed by atoms with Gasteiger partial charge in [0.05, 0.1) is 29.3 Å². The minimum absolute atomic E-state index is 0.0581. The number of imidazole rings is 1. The second-order valence-corrected chi connectivity index (χ2v) is 17.1. The summed E-state index contributed by atoms with van der Waals surface area (Å²) < 4.78 is 12.6. The fourth-order valence-electron chi connectivity index (χ4n) is 9.20. The summed E-state index contributed by atoms with van der Waals surface area (Å²) in [5.41, 5.74) is 11.1. The van der Waals surface area contributed by atoms with Gasteiger partial charge in [-0.25, -0.2) is 4.98 Å². The number of nitrogens with zero attached hydrogens (tertiary/aromatic N) is 7. The summed E-state index contributed by atoms with van der Waals surface area (Å²) in [7, 11) is 7.02. The number of nitrogens with two attached hydrogens (primary N) is 1. The molecule has 0 atom stereocenters. The van der Waals surface area contributed by atoms with E-state index in [0.717, 1.165) is 22.5 Å². The zero-order valence-electron chi connectivity index (χ0n) is 35.6. The highest BCUT2D eigenvalue weighted by Gasteiger charge is 2.56. The minimum Gasteiger partial charge on any atom is -0.471 e. The number of aromatic nitrogens is 4. The van der Waals surface area contributed by atoms with Crippen molar-refractivity contribution in [2.75, 3.05) is 69.9 Å². The van der Waals surface area contributed by atoms with Crippen molar-refractivity contribution in [2.45, 2.75) is 18.6 Å². The smallest absolute Gasteiger partial charge is 0.251 e. The van der Waals surface area contributed by atoms with Crippen LogP contribution in [0.15, 0.2) is 85.2 Å². The molecule has 1 aliphatic carbocycles. The Kier molecular flexibility index (Phi) is 9.57. The van der Waals surface area contributed by atoms with E-state index in [1.165, 1.54) is 6.33 Å². The van der Waals surface area contributed by atoms with Crippen LogP contribution in [-0.2, 0) is 28.2 Å². The highest BCUT2D eigenvalue weighted by Crippen LogP contribution is 2.57. The Hall–Kier alpha value is -7.82. The monoisotopic (exact) mass is 859 g/mol. The van der Waals surface area contributed by atoms with Crippen LogP contribution >= 0.6 is 0 Å². The average Bonchev–Trinajstić information content (AvgIpc) is 3.81. The number of nitrogen functional groups attached to an aromatic ring is 1. The van der Waals surface area contributed by atoms with Gasteiger partial charge < -0.3 is 45.1 Å². The number of amides is 3. The molecule has 2 aromatic heterocycles. The van der Waals surface area contributed by atoms with Gasteiger partial charge in [-0.15, -0.1) is 0 Å². The number of hydrogen-bond acceptors (Lipinski definition) is 13. The molecule has 324 valence electrons. The molecular weight excluding hydrogens is 815 g/mol. The Morgan fingerprint density at radius 1 is 0.828 bits per heavy atom. The van der Waals surface area contributed by atoms with Gasteiger partial charge in [-0.1, -0.05) is 36.4 Å². The molecule has 64 heavy (non-hydrogen) atoms. The molecule has 1 spiro atoms. The molecule has 0 bridgehead atoms. The Bertz CT molecular complexity index is 2850. The molecular formula is C47H45N11O6. The molecule has 3 aliphatic heterocycles. The van der Waals surface area contributed by atoms with E-state index in [4.69, 9.17) is 15.2 Å². The summed E-state index contributed by atoms with van der Waals surface area (Å²) in [5, 5.41) is 12.6. The van der Waals surface area contributed by atoms with Crippen molar-refractivity contribution in [3.8, 4) is 17.4 Å². The summed E-state index contributed by atoms with van der Waals surface area (Å²) in [4.78, 5) is 76.3. The van der Waals surface area contributed by atoms with Gasteiger partial charge >= 0.3 is 0 Å². The quantitative estimate of drug-likeness (QED) is 0.153. The maximum absolute atomic E-state index is 14.2. The van der Waals surface area contributed by atoms with Crippen molar-refractivity contribution >= 4 is 57.7 Å². The number of nitrogens with one attached hydrogen (secondary N) is 3. The van der Waals surface area contributed by atoms with Crippen LogP contribution < -0.4 is 30.3 Å². The Morgan fingerprint density at radius 3 is 2.02 bits per heavy atom. The number of rotatable bonds is 10. The first-order chi connectivity index (χ1) is 30.8. The number of ether oxygens (including phenoxy) is 2. The molecule has 10 rings (SSSR count). The molecule has 17 nitrogen and oxygen atoms in total. The molecule has 0 unspecified atom stereocenters. The standard InChI is InChI=1S/C47H45N11O6/c1-55(2)44(61)28-19-57(20-28)30-10-13-33-36(16-30)64-37-17-31(58-21-29(22-58)45(62)56(3)4)11-14-34(37)47(33)35-15-27(9-12-32(35)39(59)40(47)48)42(60)50-18-25-5-7-26(8-6-25)23-63-43-38-41(52-24-51-38)53-46(49)54-43/h5-17,24,28-29,48H,18-23H2,1-4H3,(H,50,60)(H3,49,51,52,53,54). The lowest BCUT2D eigenvalue weighted by atomic mass is 9.67. The molecule has 0 radical (unpaired) electrons. The molecule has 4 aromatic carbocycles. The van der Waals surface area contributed by atoms with E-state index in [1.807, 2.05) is 60.7 Å². The first-order valence-electron chi connectivity index (χ1n) is 20.9. The summed E-state index contributed by atoms with van der Waals surface area (Å²) in [5.74, 6) is 0.414. The summed E-state index contributed by atoms with van der Waals surface area (Å²) >= 11 is 0. The molecule has 2 saturated heterocycles. The van der Waals surface area contributed by atoms with Crippen LogP contribution in [0.4, 0.5) is 17.3 Å². The van der Waals surface area contributed by atoms with Crippen LogP contribution in [0.25, 0.3) is 11.2 Å². The van der Waals surface area contributed by atoms with Gasteiger partial charge in [0.2, 0.25) is 29.4 Å². The van der Waals surface area contributed by atoms with E-state index < -0.39 is 11.2 Å². The SMILES string of the molecule is CN(C)C(=O)C1CN(c2ccc3c(c2)Oc2cc(N4CC(C(=O)N(C)C)C4)ccc2C32C(=N)C(=O)c3ccc(C(=O)NCc4ccc(COc5nc(N)nc6nc[nH]c56)cc4)cc32)C1. The number of ketones is 1. The van der Waals surface area contributed by atoms with E-state index in [0.29, 0.717) is 82.5 Å². The van der Waals surface area contributed by atoms with Gasteiger partial charge in [0.1, 0.15) is 23.6 Å². The van der Waals surface area contributed by atoms with Gasteiger partial charge in [0.25, 0.3) is 5.91 Å². The number of carbonyl (C=O) groups is 4. The predicted molar refractivity (Wildman–Crippen MR) is 238 cm³/mol. The Labute approximate surface area is 367 Å². The highest BCUT2D eigenvalue weighted by molar-refractivity contribution is 6.53. The summed E-state index contributed by atoms with van der Waals surface area (Å²) in [6, 6.07) is 24.1. The van der Waals surface area contributed by atoms with Crippen LogP contribution in [0.3, 0.4) is 0 Å². The molecule has 3 amide bonds. The second kappa shape index (κ2) is 15.2. The van der Waals surface area contributed by atoms with Crippen molar-refractivity contribution in [1.82, 2.24) is 35.1 Å². The van der Waals surface area contributed by atoms with Crippen molar-refractivity contribution in [3.63, 3.8) is 0 Å². The third-order valence-electron chi connectivity index (χ3n) is 12.7. The maximum atomic E-state index is 14.2. The number of anilines is 3. The molecule has 5 N–H and O–H groups in total. The lowest BCUT2D eigenvalue weighted by molar-refractivity contribution is -0.134. The Morgan fingerprint density at radius 2 is 1.42 bits per heavy atom. The minimum atomic E-state index is -1.39. The summed E-state index contributed by atoms with van der Waals surface area (Å²) in [6.07, 6.45) is 1.50. The van der Waals surface area contributed by atoms with Gasteiger partial charge in [-0.3, -0.25) is 24.6 Å². The van der Waals surface area contributed by atoms with Gasteiger partial charge in [0.15, 0.2) is 5.65 Å². The number of carbonyl (C=O) groups excluding carboxylic acids is 4. The lowest BCUT2D eigenvalue weighted by Gasteiger charge is -2.43. The average molecular weight is 860 g/mol.